The van der Waals surface area contributed by atoms with Crippen molar-refractivity contribution in [2.45, 2.75) is 44.2 Å². The van der Waals surface area contributed by atoms with E-state index in [4.69, 9.17) is 4.74 Å². The van der Waals surface area contributed by atoms with Gasteiger partial charge >= 0.3 is 0 Å². The molecule has 0 radical (unpaired) electrons. The van der Waals surface area contributed by atoms with Crippen LogP contribution in [0.3, 0.4) is 0 Å². The zero-order valence-electron chi connectivity index (χ0n) is 9.79. The highest BCUT2D eigenvalue weighted by molar-refractivity contribution is 7.10. The van der Waals surface area contributed by atoms with Gasteiger partial charge in [-0.2, -0.15) is 0 Å². The van der Waals surface area contributed by atoms with Crippen LogP contribution in [0.1, 0.15) is 36.6 Å². The molecule has 2 aliphatic rings. The van der Waals surface area contributed by atoms with Crippen LogP contribution in [0.5, 0.6) is 0 Å². The van der Waals surface area contributed by atoms with Gasteiger partial charge in [0, 0.05) is 18.0 Å². The predicted molar refractivity (Wildman–Crippen MR) is 67.0 cm³/mol. The van der Waals surface area contributed by atoms with E-state index in [2.05, 4.69) is 23.7 Å². The summed E-state index contributed by atoms with van der Waals surface area (Å²) in [5, 5.41) is 5.92. The maximum Gasteiger partial charge on any atom is 0.0597 e. The zero-order chi connectivity index (χ0) is 11.0. The summed E-state index contributed by atoms with van der Waals surface area (Å²) in [4.78, 5) is 1.54. The molecule has 3 rings (SSSR count). The summed E-state index contributed by atoms with van der Waals surface area (Å²) in [5.74, 6) is 0. The number of nitrogens with one attached hydrogen (secondary N) is 1. The minimum Gasteiger partial charge on any atom is -0.378 e. The summed E-state index contributed by atoms with van der Waals surface area (Å²) in [6.45, 7) is 4.40. The Hall–Kier alpha value is -0.380. The molecule has 0 spiro atoms. The zero-order valence-corrected chi connectivity index (χ0v) is 10.6. The molecule has 1 N–H and O–H groups in total. The number of fused-ring (bicyclic) bond motifs is 1. The Bertz CT molecular complexity index is 370. The first-order chi connectivity index (χ1) is 7.78. The molecular formula is C13H19NOS. The van der Waals surface area contributed by atoms with E-state index in [1.165, 1.54) is 24.1 Å². The van der Waals surface area contributed by atoms with E-state index in [0.717, 1.165) is 19.6 Å². The van der Waals surface area contributed by atoms with Crippen molar-refractivity contribution >= 4 is 11.3 Å². The van der Waals surface area contributed by atoms with Crippen LogP contribution in [0.25, 0.3) is 0 Å². The molecule has 0 aliphatic carbocycles. The van der Waals surface area contributed by atoms with Gasteiger partial charge in [-0.25, -0.2) is 0 Å². The lowest BCUT2D eigenvalue weighted by Gasteiger charge is -2.36. The van der Waals surface area contributed by atoms with Crippen LogP contribution in [0.4, 0.5) is 0 Å². The lowest BCUT2D eigenvalue weighted by atomic mass is 9.86. The maximum atomic E-state index is 5.78. The highest BCUT2D eigenvalue weighted by Crippen LogP contribution is 2.38. The first-order valence-electron chi connectivity index (χ1n) is 6.21. The number of ether oxygens (including phenoxy) is 1. The fourth-order valence-corrected chi connectivity index (χ4v) is 4.10. The number of hydrogen-bond donors (Lipinski definition) is 1. The molecule has 1 fully saturated rings. The monoisotopic (exact) mass is 237 g/mol. The van der Waals surface area contributed by atoms with Gasteiger partial charge in [-0.05, 0) is 49.6 Å². The third-order valence-corrected chi connectivity index (χ3v) is 5.04. The average Bonchev–Trinajstić information content (AvgIpc) is 2.88. The Kier molecular flexibility index (Phi) is 2.78. The summed E-state index contributed by atoms with van der Waals surface area (Å²) >= 11 is 1.90. The van der Waals surface area contributed by atoms with Crippen molar-refractivity contribution in [1.29, 1.82) is 0 Å². The molecule has 88 valence electrons. The van der Waals surface area contributed by atoms with E-state index >= 15 is 0 Å². The lowest BCUT2D eigenvalue weighted by Crippen LogP contribution is -2.46. The van der Waals surface area contributed by atoms with Crippen molar-refractivity contribution in [3.63, 3.8) is 0 Å². The molecule has 1 aromatic rings. The molecule has 2 unspecified atom stereocenters. The van der Waals surface area contributed by atoms with E-state index in [-0.39, 0.29) is 5.54 Å². The van der Waals surface area contributed by atoms with Crippen molar-refractivity contribution in [1.82, 2.24) is 5.32 Å². The van der Waals surface area contributed by atoms with Gasteiger partial charge in [0.15, 0.2) is 0 Å². The van der Waals surface area contributed by atoms with Crippen LogP contribution in [0, 0.1) is 0 Å². The fourth-order valence-electron chi connectivity index (χ4n) is 3.00. The number of thiophene rings is 1. The Balaban J connectivity index is 1.82. The normalized spacial score (nSPS) is 33.9. The highest BCUT2D eigenvalue weighted by atomic mass is 32.1. The quantitative estimate of drug-likeness (QED) is 0.854. The lowest BCUT2D eigenvalue weighted by molar-refractivity contribution is 0.0771. The molecule has 1 aromatic heterocycles. The molecule has 2 atom stereocenters. The predicted octanol–water partition coefficient (Wildman–Crippen LogP) is 2.68. The SMILES string of the molecule is CC1(CC2CCCO2)NCCc2ccsc21. The van der Waals surface area contributed by atoms with Gasteiger partial charge in [0.2, 0.25) is 0 Å². The first kappa shape index (κ1) is 10.8. The molecule has 0 amide bonds. The molecule has 16 heavy (non-hydrogen) atoms. The van der Waals surface area contributed by atoms with Crippen molar-refractivity contribution in [2.24, 2.45) is 0 Å². The molecule has 2 aliphatic heterocycles. The van der Waals surface area contributed by atoms with E-state index in [9.17, 15) is 0 Å². The molecule has 2 nitrogen and oxygen atoms in total. The number of rotatable bonds is 2. The molecule has 1 saturated heterocycles. The summed E-state index contributed by atoms with van der Waals surface area (Å²) in [6.07, 6.45) is 5.24. The minimum atomic E-state index is 0.150. The summed E-state index contributed by atoms with van der Waals surface area (Å²) in [5.41, 5.74) is 1.70. The van der Waals surface area contributed by atoms with E-state index < -0.39 is 0 Å². The molecule has 3 heterocycles. The Labute approximate surface area is 101 Å². The Morgan fingerprint density at radius 2 is 2.56 bits per heavy atom. The third kappa shape index (κ3) is 1.81. The summed E-state index contributed by atoms with van der Waals surface area (Å²) < 4.78 is 5.78. The molecule has 0 bridgehead atoms. The van der Waals surface area contributed by atoms with E-state index in [0.29, 0.717) is 6.10 Å². The maximum absolute atomic E-state index is 5.78. The summed E-state index contributed by atoms with van der Waals surface area (Å²) in [6, 6.07) is 2.29. The second-order valence-corrected chi connectivity index (χ2v) is 6.04. The van der Waals surface area contributed by atoms with Crippen LogP contribution < -0.4 is 5.32 Å². The third-order valence-electron chi connectivity index (χ3n) is 3.82. The second-order valence-electron chi connectivity index (χ2n) is 5.12. The van der Waals surface area contributed by atoms with Gasteiger partial charge in [0.05, 0.1) is 11.6 Å². The highest BCUT2D eigenvalue weighted by Gasteiger charge is 2.36. The largest absolute Gasteiger partial charge is 0.378 e. The molecule has 0 aromatic carbocycles. The van der Waals surface area contributed by atoms with Gasteiger partial charge in [0.25, 0.3) is 0 Å². The standard InChI is InChI=1S/C13H19NOS/c1-13(9-11-3-2-7-15-11)12-10(4-6-14-13)5-8-16-12/h5,8,11,14H,2-4,6-7,9H2,1H3. The smallest absolute Gasteiger partial charge is 0.0597 e. The van der Waals surface area contributed by atoms with Crippen LogP contribution in [0.2, 0.25) is 0 Å². The van der Waals surface area contributed by atoms with Crippen molar-refractivity contribution < 1.29 is 4.74 Å². The second kappa shape index (κ2) is 4.13. The van der Waals surface area contributed by atoms with Crippen molar-refractivity contribution in [3.05, 3.63) is 21.9 Å². The fraction of sp³-hybridized carbons (Fsp3) is 0.692. The topological polar surface area (TPSA) is 21.3 Å². The first-order valence-corrected chi connectivity index (χ1v) is 7.09. The van der Waals surface area contributed by atoms with Gasteiger partial charge in [-0.3, -0.25) is 0 Å². The van der Waals surface area contributed by atoms with Gasteiger partial charge in [-0.15, -0.1) is 11.3 Å². The summed E-state index contributed by atoms with van der Waals surface area (Å²) in [7, 11) is 0. The van der Waals surface area contributed by atoms with Crippen molar-refractivity contribution in [2.75, 3.05) is 13.2 Å². The van der Waals surface area contributed by atoms with Gasteiger partial charge in [-0.1, -0.05) is 0 Å². The minimum absolute atomic E-state index is 0.150. The average molecular weight is 237 g/mol. The van der Waals surface area contributed by atoms with Crippen LogP contribution in [-0.2, 0) is 16.7 Å². The molecule has 0 saturated carbocycles. The Morgan fingerprint density at radius 1 is 1.62 bits per heavy atom. The van der Waals surface area contributed by atoms with Gasteiger partial charge in [0.1, 0.15) is 0 Å². The molecule has 3 heteroatoms. The number of hydrogen-bond acceptors (Lipinski definition) is 3. The van der Waals surface area contributed by atoms with Gasteiger partial charge < -0.3 is 10.1 Å². The Morgan fingerprint density at radius 3 is 3.38 bits per heavy atom. The van der Waals surface area contributed by atoms with Crippen LogP contribution >= 0.6 is 11.3 Å². The van der Waals surface area contributed by atoms with E-state index in [1.807, 2.05) is 11.3 Å². The van der Waals surface area contributed by atoms with Crippen LogP contribution in [0.15, 0.2) is 11.4 Å². The van der Waals surface area contributed by atoms with Crippen LogP contribution in [-0.4, -0.2) is 19.3 Å². The van der Waals surface area contributed by atoms with E-state index in [1.54, 1.807) is 5.56 Å². The molecular weight excluding hydrogens is 218 g/mol. The van der Waals surface area contributed by atoms with Crippen molar-refractivity contribution in [3.8, 4) is 0 Å².